The highest BCUT2D eigenvalue weighted by Crippen LogP contribution is 2.61. The molecule has 2 fully saturated rings. The van der Waals surface area contributed by atoms with Gasteiger partial charge in [0.05, 0.1) is 5.60 Å². The van der Waals surface area contributed by atoms with Gasteiger partial charge in [0.2, 0.25) is 0 Å². The maximum Gasteiger partial charge on any atom is 0.0701 e. The molecule has 1 heteroatoms. The molecule has 2 rings (SSSR count). The zero-order valence-electron chi connectivity index (χ0n) is 7.72. The summed E-state index contributed by atoms with van der Waals surface area (Å²) in [6.07, 6.45) is 3.86. The van der Waals surface area contributed by atoms with Crippen molar-refractivity contribution < 1.29 is 5.11 Å². The minimum Gasteiger partial charge on any atom is -0.389 e. The molecule has 0 heterocycles. The normalized spacial score (nSPS) is 53.5. The minimum atomic E-state index is -0.393. The van der Waals surface area contributed by atoms with Crippen LogP contribution in [-0.4, -0.2) is 10.7 Å². The highest BCUT2D eigenvalue weighted by Gasteiger charge is 2.59. The van der Waals surface area contributed by atoms with Crippen LogP contribution in [0.15, 0.2) is 0 Å². The van der Waals surface area contributed by atoms with Crippen molar-refractivity contribution in [3.05, 3.63) is 0 Å². The molecule has 64 valence electrons. The highest BCUT2D eigenvalue weighted by atomic mass is 16.3. The van der Waals surface area contributed by atoms with Crippen LogP contribution in [0.3, 0.4) is 0 Å². The molecule has 1 N–H and O–H groups in total. The molecule has 0 saturated heterocycles. The van der Waals surface area contributed by atoms with E-state index >= 15 is 0 Å². The fraction of sp³-hybridized carbons (Fsp3) is 1.00. The maximum absolute atomic E-state index is 10.2. The van der Waals surface area contributed by atoms with E-state index in [4.69, 9.17) is 0 Å². The van der Waals surface area contributed by atoms with Gasteiger partial charge in [0.25, 0.3) is 0 Å². The molecule has 0 aromatic carbocycles. The van der Waals surface area contributed by atoms with Crippen LogP contribution in [0.25, 0.3) is 0 Å². The van der Waals surface area contributed by atoms with Crippen LogP contribution in [0.4, 0.5) is 0 Å². The predicted octanol–water partition coefficient (Wildman–Crippen LogP) is 2.19. The molecule has 0 amide bonds. The molecule has 2 saturated carbocycles. The third-order valence-electron chi connectivity index (χ3n) is 4.55. The zero-order chi connectivity index (χ0) is 8.28. The molecule has 3 atom stereocenters. The third kappa shape index (κ3) is 0.703. The van der Waals surface area contributed by atoms with Crippen LogP contribution < -0.4 is 0 Å². The predicted molar refractivity (Wildman–Crippen MR) is 45.2 cm³/mol. The van der Waals surface area contributed by atoms with Crippen molar-refractivity contribution in [2.75, 3.05) is 0 Å². The number of hydrogen-bond acceptors (Lipinski definition) is 1. The molecule has 0 radical (unpaired) electrons. The van der Waals surface area contributed by atoms with Crippen LogP contribution in [0.1, 0.15) is 40.0 Å². The zero-order valence-corrected chi connectivity index (χ0v) is 7.72. The SMILES string of the molecule is CC1(C)[C@@H]2CC[C@@H](C2)[C@]1(C)O. The maximum atomic E-state index is 10.2. The number of aliphatic hydroxyl groups is 1. The Morgan fingerprint density at radius 2 is 1.64 bits per heavy atom. The van der Waals surface area contributed by atoms with Gasteiger partial charge in [-0.1, -0.05) is 13.8 Å². The summed E-state index contributed by atoms with van der Waals surface area (Å²) in [4.78, 5) is 0. The van der Waals surface area contributed by atoms with Crippen molar-refractivity contribution in [2.24, 2.45) is 17.3 Å². The van der Waals surface area contributed by atoms with Gasteiger partial charge in [0, 0.05) is 0 Å². The number of rotatable bonds is 0. The summed E-state index contributed by atoms with van der Waals surface area (Å²) in [5.74, 6) is 1.37. The second-order valence-electron chi connectivity index (χ2n) is 5.08. The molecule has 2 bridgehead atoms. The lowest BCUT2D eigenvalue weighted by Gasteiger charge is -2.43. The standard InChI is InChI=1S/C10H18O/c1-9(2)7-4-5-8(6-7)10(9,3)11/h7-8,11H,4-6H2,1-3H3/t7-,8+,10+/m1/s1. The van der Waals surface area contributed by atoms with Crippen molar-refractivity contribution in [2.45, 2.75) is 45.6 Å². The van der Waals surface area contributed by atoms with Gasteiger partial charge in [0.1, 0.15) is 0 Å². The molecule has 0 aromatic heterocycles. The van der Waals surface area contributed by atoms with Gasteiger partial charge in [-0.3, -0.25) is 0 Å². The molecule has 2 aliphatic rings. The molecule has 0 spiro atoms. The van der Waals surface area contributed by atoms with Crippen LogP contribution in [0, 0.1) is 17.3 Å². The van der Waals surface area contributed by atoms with E-state index in [0.29, 0.717) is 5.92 Å². The van der Waals surface area contributed by atoms with Gasteiger partial charge in [-0.2, -0.15) is 0 Å². The van der Waals surface area contributed by atoms with Gasteiger partial charge in [-0.25, -0.2) is 0 Å². The molecule has 2 aliphatic carbocycles. The Balaban J connectivity index is 2.36. The van der Waals surface area contributed by atoms with E-state index in [1.54, 1.807) is 0 Å². The summed E-state index contributed by atoms with van der Waals surface area (Å²) < 4.78 is 0. The van der Waals surface area contributed by atoms with Gasteiger partial charge < -0.3 is 5.11 Å². The summed E-state index contributed by atoms with van der Waals surface area (Å²) in [5, 5.41) is 10.2. The quantitative estimate of drug-likeness (QED) is 0.567. The van der Waals surface area contributed by atoms with Crippen molar-refractivity contribution in [3.8, 4) is 0 Å². The van der Waals surface area contributed by atoms with Crippen LogP contribution in [0.2, 0.25) is 0 Å². The monoisotopic (exact) mass is 154 g/mol. The molecular formula is C10H18O. The van der Waals surface area contributed by atoms with E-state index in [1.807, 2.05) is 6.92 Å². The molecule has 0 aromatic rings. The van der Waals surface area contributed by atoms with E-state index in [2.05, 4.69) is 13.8 Å². The average molecular weight is 154 g/mol. The Morgan fingerprint density at radius 1 is 1.09 bits per heavy atom. The smallest absolute Gasteiger partial charge is 0.0701 e. The van der Waals surface area contributed by atoms with Crippen LogP contribution in [-0.2, 0) is 0 Å². The molecule has 11 heavy (non-hydrogen) atoms. The van der Waals surface area contributed by atoms with Crippen molar-refractivity contribution in [1.82, 2.24) is 0 Å². The summed E-state index contributed by atoms with van der Waals surface area (Å²) in [6.45, 7) is 6.46. The first kappa shape index (κ1) is 7.60. The van der Waals surface area contributed by atoms with E-state index in [1.165, 1.54) is 19.3 Å². The van der Waals surface area contributed by atoms with E-state index < -0.39 is 5.60 Å². The summed E-state index contributed by atoms with van der Waals surface area (Å²) in [7, 11) is 0. The van der Waals surface area contributed by atoms with Crippen LogP contribution in [0.5, 0.6) is 0 Å². The fourth-order valence-electron chi connectivity index (χ4n) is 3.09. The van der Waals surface area contributed by atoms with Crippen molar-refractivity contribution in [3.63, 3.8) is 0 Å². The minimum absolute atomic E-state index is 0.163. The highest BCUT2D eigenvalue weighted by molar-refractivity contribution is 5.09. The van der Waals surface area contributed by atoms with E-state index in [9.17, 15) is 5.11 Å². The number of fused-ring (bicyclic) bond motifs is 2. The first-order valence-electron chi connectivity index (χ1n) is 4.68. The van der Waals surface area contributed by atoms with Gasteiger partial charge in [0.15, 0.2) is 0 Å². The van der Waals surface area contributed by atoms with Crippen molar-refractivity contribution in [1.29, 1.82) is 0 Å². The second-order valence-corrected chi connectivity index (χ2v) is 5.08. The lowest BCUT2D eigenvalue weighted by molar-refractivity contribution is -0.0904. The number of hydrogen-bond donors (Lipinski definition) is 1. The first-order chi connectivity index (χ1) is 4.96. The Morgan fingerprint density at radius 3 is 1.91 bits per heavy atom. The molecular weight excluding hydrogens is 136 g/mol. The Bertz CT molecular complexity index is 161. The summed E-state index contributed by atoms with van der Waals surface area (Å²) in [5.41, 5.74) is -0.230. The third-order valence-corrected chi connectivity index (χ3v) is 4.55. The lowest BCUT2D eigenvalue weighted by Crippen LogP contribution is -2.46. The Hall–Kier alpha value is -0.0400. The van der Waals surface area contributed by atoms with Gasteiger partial charge in [-0.05, 0) is 43.4 Å². The van der Waals surface area contributed by atoms with Gasteiger partial charge in [-0.15, -0.1) is 0 Å². The second kappa shape index (κ2) is 1.82. The van der Waals surface area contributed by atoms with E-state index in [0.717, 1.165) is 5.92 Å². The largest absolute Gasteiger partial charge is 0.389 e. The fourth-order valence-corrected chi connectivity index (χ4v) is 3.09. The summed E-state index contributed by atoms with van der Waals surface area (Å²) >= 11 is 0. The van der Waals surface area contributed by atoms with Crippen molar-refractivity contribution >= 4 is 0 Å². The molecule has 0 unspecified atom stereocenters. The molecule has 1 nitrogen and oxygen atoms in total. The van der Waals surface area contributed by atoms with E-state index in [-0.39, 0.29) is 5.41 Å². The first-order valence-corrected chi connectivity index (χ1v) is 4.68. The topological polar surface area (TPSA) is 20.2 Å². The van der Waals surface area contributed by atoms with Crippen LogP contribution >= 0.6 is 0 Å². The Kier molecular flexibility index (Phi) is 1.26. The average Bonchev–Trinajstić information content (AvgIpc) is 2.37. The summed E-state index contributed by atoms with van der Waals surface area (Å²) in [6, 6.07) is 0. The Labute approximate surface area is 68.8 Å². The lowest BCUT2D eigenvalue weighted by atomic mass is 9.66. The van der Waals surface area contributed by atoms with Gasteiger partial charge >= 0.3 is 0 Å². The molecule has 0 aliphatic heterocycles.